The fourth-order valence-corrected chi connectivity index (χ4v) is 2.48. The predicted octanol–water partition coefficient (Wildman–Crippen LogP) is 3.26. The highest BCUT2D eigenvalue weighted by molar-refractivity contribution is 5.72. The Morgan fingerprint density at radius 1 is 0.944 bits per heavy atom. The summed E-state index contributed by atoms with van der Waals surface area (Å²) in [5, 5.41) is 18.0. The Morgan fingerprint density at radius 2 is 1.39 bits per heavy atom. The molecule has 0 radical (unpaired) electrons. The molecule has 1 unspecified atom stereocenters. The standard InChI is InChI=1S/C14H26O4/c1-9(2)7-11(8-10(3)4)12(14(17)18)5-6-13(15)16/h9-12H,5-8H2,1-4H3,(H,15,16)(H,17,18). The maximum Gasteiger partial charge on any atom is 0.306 e. The average molecular weight is 258 g/mol. The third kappa shape index (κ3) is 7.30. The molecule has 4 nitrogen and oxygen atoms in total. The van der Waals surface area contributed by atoms with Crippen LogP contribution in [0.25, 0.3) is 0 Å². The summed E-state index contributed by atoms with van der Waals surface area (Å²) in [4.78, 5) is 21.9. The van der Waals surface area contributed by atoms with E-state index in [-0.39, 0.29) is 18.8 Å². The van der Waals surface area contributed by atoms with E-state index in [0.29, 0.717) is 11.8 Å². The van der Waals surface area contributed by atoms with Gasteiger partial charge >= 0.3 is 11.9 Å². The van der Waals surface area contributed by atoms with Crippen molar-refractivity contribution in [2.75, 3.05) is 0 Å². The molecule has 0 saturated heterocycles. The zero-order chi connectivity index (χ0) is 14.3. The highest BCUT2D eigenvalue weighted by atomic mass is 16.4. The van der Waals surface area contributed by atoms with E-state index >= 15 is 0 Å². The van der Waals surface area contributed by atoms with Crippen molar-refractivity contribution < 1.29 is 19.8 Å². The zero-order valence-corrected chi connectivity index (χ0v) is 11.8. The first kappa shape index (κ1) is 16.9. The van der Waals surface area contributed by atoms with Crippen molar-refractivity contribution in [2.45, 2.75) is 53.4 Å². The fraction of sp³-hybridized carbons (Fsp3) is 0.857. The Labute approximate surface area is 109 Å². The van der Waals surface area contributed by atoms with Crippen molar-refractivity contribution in [3.8, 4) is 0 Å². The van der Waals surface area contributed by atoms with Gasteiger partial charge in [-0.2, -0.15) is 0 Å². The van der Waals surface area contributed by atoms with E-state index in [0.717, 1.165) is 12.8 Å². The van der Waals surface area contributed by atoms with Gasteiger partial charge in [-0.3, -0.25) is 9.59 Å². The van der Waals surface area contributed by atoms with E-state index in [9.17, 15) is 14.7 Å². The van der Waals surface area contributed by atoms with Crippen molar-refractivity contribution in [3.05, 3.63) is 0 Å². The van der Waals surface area contributed by atoms with Gasteiger partial charge in [0.2, 0.25) is 0 Å². The number of carboxylic acids is 2. The summed E-state index contributed by atoms with van der Waals surface area (Å²) in [7, 11) is 0. The number of hydrogen-bond acceptors (Lipinski definition) is 2. The van der Waals surface area contributed by atoms with Crippen molar-refractivity contribution in [2.24, 2.45) is 23.7 Å². The smallest absolute Gasteiger partial charge is 0.306 e. The first-order valence-corrected chi connectivity index (χ1v) is 6.68. The predicted molar refractivity (Wildman–Crippen MR) is 70.4 cm³/mol. The minimum atomic E-state index is -0.922. The first-order valence-electron chi connectivity index (χ1n) is 6.68. The summed E-state index contributed by atoms with van der Waals surface area (Å²) in [6.45, 7) is 8.29. The average Bonchev–Trinajstić information content (AvgIpc) is 2.14. The number of carbonyl (C=O) groups is 2. The van der Waals surface area contributed by atoms with Crippen molar-refractivity contribution in [1.29, 1.82) is 0 Å². The van der Waals surface area contributed by atoms with Gasteiger partial charge in [0.1, 0.15) is 0 Å². The third-order valence-corrected chi connectivity index (χ3v) is 3.10. The molecule has 0 heterocycles. The molecule has 0 aliphatic heterocycles. The van der Waals surface area contributed by atoms with Crippen LogP contribution in [-0.4, -0.2) is 22.2 Å². The Kier molecular flexibility index (Phi) is 7.64. The van der Waals surface area contributed by atoms with Gasteiger partial charge in [0, 0.05) is 6.42 Å². The molecule has 0 amide bonds. The van der Waals surface area contributed by atoms with E-state index in [1.165, 1.54) is 0 Å². The first-order chi connectivity index (χ1) is 8.23. The van der Waals surface area contributed by atoms with Gasteiger partial charge < -0.3 is 10.2 Å². The summed E-state index contributed by atoms with van der Waals surface area (Å²) in [5.74, 6) is -1.38. The molecular weight excluding hydrogens is 232 g/mol. The van der Waals surface area contributed by atoms with E-state index < -0.39 is 17.9 Å². The Bertz CT molecular complexity index is 261. The maximum absolute atomic E-state index is 11.3. The number of hydrogen-bond donors (Lipinski definition) is 2. The van der Waals surface area contributed by atoms with Crippen LogP contribution in [0.5, 0.6) is 0 Å². The molecule has 0 aromatic rings. The second kappa shape index (κ2) is 8.11. The number of rotatable bonds is 9. The monoisotopic (exact) mass is 258 g/mol. The van der Waals surface area contributed by atoms with Crippen LogP contribution in [0.4, 0.5) is 0 Å². The summed E-state index contributed by atoms with van der Waals surface area (Å²) >= 11 is 0. The molecule has 0 aliphatic carbocycles. The van der Waals surface area contributed by atoms with Crippen LogP contribution in [0.1, 0.15) is 53.4 Å². The second-order valence-electron chi connectivity index (χ2n) is 5.90. The molecule has 4 heteroatoms. The van der Waals surface area contributed by atoms with Gasteiger partial charge in [0.05, 0.1) is 5.92 Å². The van der Waals surface area contributed by atoms with Crippen LogP contribution in [0.15, 0.2) is 0 Å². The molecule has 106 valence electrons. The molecular formula is C14H26O4. The molecule has 0 spiro atoms. The van der Waals surface area contributed by atoms with Crippen LogP contribution in [0, 0.1) is 23.7 Å². The van der Waals surface area contributed by atoms with Crippen LogP contribution in [0.3, 0.4) is 0 Å². The normalized spacial score (nSPS) is 13.3. The van der Waals surface area contributed by atoms with Crippen LogP contribution in [0.2, 0.25) is 0 Å². The lowest BCUT2D eigenvalue weighted by atomic mass is 9.78. The highest BCUT2D eigenvalue weighted by Gasteiger charge is 2.29. The Hall–Kier alpha value is -1.06. The van der Waals surface area contributed by atoms with Crippen LogP contribution >= 0.6 is 0 Å². The van der Waals surface area contributed by atoms with E-state index in [4.69, 9.17) is 5.11 Å². The molecule has 1 atom stereocenters. The largest absolute Gasteiger partial charge is 0.481 e. The van der Waals surface area contributed by atoms with Gasteiger partial charge in [-0.05, 0) is 37.0 Å². The van der Waals surface area contributed by atoms with Gasteiger partial charge in [-0.15, -0.1) is 0 Å². The van der Waals surface area contributed by atoms with Crippen molar-refractivity contribution >= 4 is 11.9 Å². The Morgan fingerprint density at radius 3 is 1.67 bits per heavy atom. The SMILES string of the molecule is CC(C)CC(CC(C)C)C(CCC(=O)O)C(=O)O. The molecule has 0 saturated carbocycles. The van der Waals surface area contributed by atoms with Crippen molar-refractivity contribution in [3.63, 3.8) is 0 Å². The second-order valence-corrected chi connectivity index (χ2v) is 5.90. The lowest BCUT2D eigenvalue weighted by Gasteiger charge is -2.26. The zero-order valence-electron chi connectivity index (χ0n) is 11.8. The quantitative estimate of drug-likeness (QED) is 0.665. The van der Waals surface area contributed by atoms with Gasteiger partial charge in [-0.25, -0.2) is 0 Å². The lowest BCUT2D eigenvalue weighted by Crippen LogP contribution is -2.27. The summed E-state index contributed by atoms with van der Waals surface area (Å²) in [6.07, 6.45) is 1.85. The summed E-state index contributed by atoms with van der Waals surface area (Å²) in [5.41, 5.74) is 0. The van der Waals surface area contributed by atoms with E-state index in [1.54, 1.807) is 0 Å². The minimum absolute atomic E-state index is 0.0658. The van der Waals surface area contributed by atoms with E-state index in [2.05, 4.69) is 27.7 Å². The minimum Gasteiger partial charge on any atom is -0.481 e. The summed E-state index contributed by atoms with van der Waals surface area (Å²) < 4.78 is 0. The molecule has 0 aromatic heterocycles. The maximum atomic E-state index is 11.3. The van der Waals surface area contributed by atoms with E-state index in [1.807, 2.05) is 0 Å². The molecule has 0 fully saturated rings. The Balaban J connectivity index is 4.72. The number of aliphatic carboxylic acids is 2. The van der Waals surface area contributed by atoms with Gasteiger partial charge in [0.15, 0.2) is 0 Å². The van der Waals surface area contributed by atoms with Gasteiger partial charge in [0.25, 0.3) is 0 Å². The number of carboxylic acid groups (broad SMARTS) is 2. The molecule has 0 bridgehead atoms. The van der Waals surface area contributed by atoms with Crippen LogP contribution in [-0.2, 0) is 9.59 Å². The molecule has 2 N–H and O–H groups in total. The topological polar surface area (TPSA) is 74.6 Å². The van der Waals surface area contributed by atoms with Gasteiger partial charge in [-0.1, -0.05) is 27.7 Å². The molecule has 0 aromatic carbocycles. The molecule has 0 rings (SSSR count). The van der Waals surface area contributed by atoms with Crippen molar-refractivity contribution in [1.82, 2.24) is 0 Å². The summed E-state index contributed by atoms with van der Waals surface area (Å²) in [6, 6.07) is 0. The fourth-order valence-electron chi connectivity index (χ4n) is 2.48. The lowest BCUT2D eigenvalue weighted by molar-refractivity contribution is -0.145. The van der Waals surface area contributed by atoms with Crippen LogP contribution < -0.4 is 0 Å². The molecule has 0 aliphatic rings. The molecule has 18 heavy (non-hydrogen) atoms. The third-order valence-electron chi connectivity index (χ3n) is 3.10. The highest BCUT2D eigenvalue weighted by Crippen LogP contribution is 2.30.